The van der Waals surface area contributed by atoms with Crippen LogP contribution in [-0.4, -0.2) is 35.3 Å². The third-order valence-electron chi connectivity index (χ3n) is 3.54. The number of carbonyl (C=O) groups excluding carboxylic acids is 1. The number of aliphatic hydroxyl groups is 1. The zero-order valence-corrected chi connectivity index (χ0v) is 13.2. The van der Waals surface area contributed by atoms with E-state index in [2.05, 4.69) is 15.0 Å². The van der Waals surface area contributed by atoms with Gasteiger partial charge in [0.2, 0.25) is 0 Å². The molecule has 0 saturated carbocycles. The van der Waals surface area contributed by atoms with Gasteiger partial charge in [-0.2, -0.15) is 8.78 Å². The van der Waals surface area contributed by atoms with E-state index in [4.69, 9.17) is 0 Å². The molecule has 126 valence electrons. The Morgan fingerprint density at radius 3 is 2.70 bits per heavy atom. The Morgan fingerprint density at radius 1 is 1.39 bits per heavy atom. The van der Waals surface area contributed by atoms with Gasteiger partial charge in [0.1, 0.15) is 11.4 Å². The van der Waals surface area contributed by atoms with E-state index in [9.17, 15) is 18.7 Å². The number of rotatable bonds is 5. The number of aromatic nitrogens is 1. The minimum Gasteiger partial charge on any atom is -0.434 e. The van der Waals surface area contributed by atoms with E-state index in [0.29, 0.717) is 10.9 Å². The summed E-state index contributed by atoms with van der Waals surface area (Å²) < 4.78 is 29.2. The van der Waals surface area contributed by atoms with E-state index in [1.54, 1.807) is 12.1 Å². The molecular weight excluding hydrogens is 306 g/mol. The first-order valence-corrected chi connectivity index (χ1v) is 7.21. The molecular formula is C16H20F2N2O3. The summed E-state index contributed by atoms with van der Waals surface area (Å²) in [6, 6.07) is 6.08. The molecule has 3 N–H and O–H groups in total. The normalized spacial score (nSPS) is 13.3. The number of halogens is 2. The molecule has 0 spiro atoms. The fourth-order valence-electron chi connectivity index (χ4n) is 2.04. The van der Waals surface area contributed by atoms with Gasteiger partial charge in [-0.15, -0.1) is 0 Å². The summed E-state index contributed by atoms with van der Waals surface area (Å²) in [6.07, 6.45) is -0.700. The zero-order valence-electron chi connectivity index (χ0n) is 13.2. The molecule has 1 heterocycles. The number of hydrogen-bond donors (Lipinski definition) is 3. The van der Waals surface area contributed by atoms with Crippen molar-refractivity contribution in [3.63, 3.8) is 0 Å². The second kappa shape index (κ2) is 6.54. The molecule has 5 nitrogen and oxygen atoms in total. The topological polar surface area (TPSA) is 74.3 Å². The highest BCUT2D eigenvalue weighted by atomic mass is 19.3. The van der Waals surface area contributed by atoms with Crippen LogP contribution >= 0.6 is 0 Å². The van der Waals surface area contributed by atoms with E-state index in [1.165, 1.54) is 12.1 Å². The summed E-state index contributed by atoms with van der Waals surface area (Å²) >= 11 is 0. The second-order valence-electron chi connectivity index (χ2n) is 6.37. The molecule has 0 saturated heterocycles. The Bertz CT molecular complexity index is 692. The molecule has 1 atom stereocenters. The average Bonchev–Trinajstić information content (AvgIpc) is 2.88. The lowest BCUT2D eigenvalue weighted by Crippen LogP contribution is -2.39. The maximum Gasteiger partial charge on any atom is 0.387 e. The molecule has 1 aromatic heterocycles. The number of benzene rings is 1. The molecule has 0 radical (unpaired) electrons. The van der Waals surface area contributed by atoms with Gasteiger partial charge in [-0.3, -0.25) is 4.79 Å². The molecule has 0 bridgehead atoms. The van der Waals surface area contributed by atoms with Crippen molar-refractivity contribution in [2.75, 3.05) is 6.54 Å². The Balaban J connectivity index is 2.15. The molecule has 23 heavy (non-hydrogen) atoms. The van der Waals surface area contributed by atoms with E-state index < -0.39 is 18.6 Å². The molecule has 2 aromatic rings. The van der Waals surface area contributed by atoms with Crippen LogP contribution in [0.5, 0.6) is 5.75 Å². The molecule has 1 amide bonds. The van der Waals surface area contributed by atoms with Gasteiger partial charge < -0.3 is 20.1 Å². The van der Waals surface area contributed by atoms with Gasteiger partial charge in [0.25, 0.3) is 5.91 Å². The summed E-state index contributed by atoms with van der Waals surface area (Å²) in [4.78, 5) is 15.0. The summed E-state index contributed by atoms with van der Waals surface area (Å²) in [5.74, 6) is -0.421. The monoisotopic (exact) mass is 326 g/mol. The van der Waals surface area contributed by atoms with Crippen molar-refractivity contribution in [3.8, 4) is 5.75 Å². The van der Waals surface area contributed by atoms with Crippen LogP contribution in [0.1, 0.15) is 31.3 Å². The van der Waals surface area contributed by atoms with Gasteiger partial charge in [0.15, 0.2) is 0 Å². The quantitative estimate of drug-likeness (QED) is 0.791. The van der Waals surface area contributed by atoms with Crippen LogP contribution in [0.3, 0.4) is 0 Å². The van der Waals surface area contributed by atoms with Crippen molar-refractivity contribution in [2.24, 2.45) is 5.41 Å². The van der Waals surface area contributed by atoms with E-state index in [-0.39, 0.29) is 23.4 Å². The first kappa shape index (κ1) is 17.2. The van der Waals surface area contributed by atoms with Crippen molar-refractivity contribution in [2.45, 2.75) is 33.5 Å². The van der Waals surface area contributed by atoms with Crippen molar-refractivity contribution in [1.82, 2.24) is 10.3 Å². The first-order valence-electron chi connectivity index (χ1n) is 7.21. The van der Waals surface area contributed by atoms with E-state index in [1.807, 2.05) is 20.8 Å². The van der Waals surface area contributed by atoms with Crippen molar-refractivity contribution in [1.29, 1.82) is 0 Å². The maximum atomic E-state index is 12.4. The molecule has 7 heteroatoms. The van der Waals surface area contributed by atoms with Crippen LogP contribution in [0.25, 0.3) is 10.9 Å². The first-order chi connectivity index (χ1) is 10.7. The highest BCUT2D eigenvalue weighted by Crippen LogP contribution is 2.27. The van der Waals surface area contributed by atoms with Crippen LogP contribution in [0.2, 0.25) is 0 Å². The number of H-pyrrole nitrogens is 1. The number of carbonyl (C=O) groups is 1. The molecule has 0 aliphatic heterocycles. The highest BCUT2D eigenvalue weighted by molar-refractivity contribution is 5.99. The lowest BCUT2D eigenvalue weighted by atomic mass is 9.89. The summed E-state index contributed by atoms with van der Waals surface area (Å²) in [7, 11) is 0. The van der Waals surface area contributed by atoms with Crippen molar-refractivity contribution >= 4 is 16.8 Å². The number of hydrogen-bond acceptors (Lipinski definition) is 3. The minimum absolute atomic E-state index is 0.00234. The Labute approximate surface area is 132 Å². The maximum absolute atomic E-state index is 12.4. The number of amides is 1. The SMILES string of the molecule is CC(C)(C)C(O)CNC(=O)c1cc2c(OC(F)F)cccc2[nH]1. The third-order valence-corrected chi connectivity index (χ3v) is 3.54. The fraction of sp³-hybridized carbons (Fsp3) is 0.438. The van der Waals surface area contributed by atoms with Crippen molar-refractivity contribution < 1.29 is 23.4 Å². The van der Waals surface area contributed by atoms with Gasteiger partial charge in [-0.05, 0) is 23.6 Å². The standard InChI is InChI=1S/C16H20F2N2O3/c1-16(2,3)13(21)8-19-14(22)11-7-9-10(20-11)5-4-6-12(9)23-15(17)18/h4-7,13,15,20-21H,8H2,1-3H3,(H,19,22). The van der Waals surface area contributed by atoms with E-state index in [0.717, 1.165) is 0 Å². The van der Waals surface area contributed by atoms with Crippen LogP contribution in [0, 0.1) is 5.41 Å². The van der Waals surface area contributed by atoms with Gasteiger partial charge >= 0.3 is 6.61 Å². The second-order valence-corrected chi connectivity index (χ2v) is 6.37. The molecule has 1 aromatic carbocycles. The highest BCUT2D eigenvalue weighted by Gasteiger charge is 2.23. The number of aromatic amines is 1. The smallest absolute Gasteiger partial charge is 0.387 e. The molecule has 1 unspecified atom stereocenters. The molecule has 2 rings (SSSR count). The van der Waals surface area contributed by atoms with Gasteiger partial charge in [-0.25, -0.2) is 0 Å². The van der Waals surface area contributed by atoms with Crippen molar-refractivity contribution in [3.05, 3.63) is 30.0 Å². The van der Waals surface area contributed by atoms with Crippen LogP contribution < -0.4 is 10.1 Å². The molecule has 0 aliphatic rings. The predicted molar refractivity (Wildman–Crippen MR) is 82.7 cm³/mol. The van der Waals surface area contributed by atoms with E-state index >= 15 is 0 Å². The van der Waals surface area contributed by atoms with Gasteiger partial charge in [-0.1, -0.05) is 26.8 Å². The number of nitrogens with one attached hydrogen (secondary N) is 2. The summed E-state index contributed by atoms with van der Waals surface area (Å²) in [5.41, 5.74) is 0.377. The lowest BCUT2D eigenvalue weighted by Gasteiger charge is -2.25. The summed E-state index contributed by atoms with van der Waals surface area (Å²) in [5, 5.41) is 13.0. The fourth-order valence-corrected chi connectivity index (χ4v) is 2.04. The number of aliphatic hydroxyl groups excluding tert-OH is 1. The summed E-state index contributed by atoms with van der Waals surface area (Å²) in [6.45, 7) is 2.75. The Kier molecular flexibility index (Phi) is 4.89. The Morgan fingerprint density at radius 2 is 2.09 bits per heavy atom. The van der Waals surface area contributed by atoms with Crippen LogP contribution in [0.15, 0.2) is 24.3 Å². The largest absolute Gasteiger partial charge is 0.434 e. The third kappa shape index (κ3) is 4.19. The Hall–Kier alpha value is -2.15. The molecule has 0 fully saturated rings. The number of ether oxygens (including phenoxy) is 1. The predicted octanol–water partition coefficient (Wildman–Crippen LogP) is 2.91. The number of alkyl halides is 2. The van der Waals surface area contributed by atoms with Gasteiger partial charge in [0, 0.05) is 17.4 Å². The van der Waals surface area contributed by atoms with Crippen LogP contribution in [-0.2, 0) is 0 Å². The molecule has 0 aliphatic carbocycles. The average molecular weight is 326 g/mol. The lowest BCUT2D eigenvalue weighted by molar-refractivity contribution is -0.0487. The van der Waals surface area contributed by atoms with Gasteiger partial charge in [0.05, 0.1) is 6.10 Å². The zero-order chi connectivity index (χ0) is 17.2. The minimum atomic E-state index is -2.94. The number of fused-ring (bicyclic) bond motifs is 1. The van der Waals surface area contributed by atoms with Crippen LogP contribution in [0.4, 0.5) is 8.78 Å².